The molecule has 0 aromatic heterocycles. The molecule has 5 atom stereocenters. The van der Waals surface area contributed by atoms with Crippen molar-refractivity contribution in [3.63, 3.8) is 0 Å². The predicted octanol–water partition coefficient (Wildman–Crippen LogP) is -1.52. The molecule has 3 amide bonds. The van der Waals surface area contributed by atoms with Crippen LogP contribution in [0.1, 0.15) is 30.9 Å². The highest BCUT2D eigenvalue weighted by Crippen LogP contribution is 2.12. The van der Waals surface area contributed by atoms with Gasteiger partial charge in [-0.1, -0.05) is 42.5 Å². The molecule has 0 radical (unpaired) electrons. The van der Waals surface area contributed by atoms with Crippen LogP contribution in [0.15, 0.2) is 59.6 Å². The van der Waals surface area contributed by atoms with E-state index in [0.717, 1.165) is 0 Å². The van der Waals surface area contributed by atoms with E-state index < -0.39 is 54.0 Å². The van der Waals surface area contributed by atoms with Gasteiger partial charge in [-0.15, -0.1) is 0 Å². The lowest BCUT2D eigenvalue weighted by molar-refractivity contribution is -0.143. The summed E-state index contributed by atoms with van der Waals surface area (Å²) in [5, 5.41) is 36.9. The number of phenolic OH excluding ortho intramolecular Hbond substituents is 1. The molecule has 0 aliphatic rings. The normalized spacial score (nSPS) is 14.4. The summed E-state index contributed by atoms with van der Waals surface area (Å²) >= 11 is 0. The third kappa shape index (κ3) is 11.4. The zero-order chi connectivity index (χ0) is 31.2. The summed E-state index contributed by atoms with van der Waals surface area (Å²) in [5.74, 6) is -3.78. The highest BCUT2D eigenvalue weighted by Gasteiger charge is 2.33. The van der Waals surface area contributed by atoms with Crippen LogP contribution in [-0.4, -0.2) is 81.8 Å². The van der Waals surface area contributed by atoms with E-state index in [9.17, 15) is 34.5 Å². The minimum Gasteiger partial charge on any atom is -0.508 e. The van der Waals surface area contributed by atoms with Gasteiger partial charge in [0.05, 0.1) is 12.1 Å². The SMILES string of the molecule is CC(O)C(NC(=O)C(Cc1ccc(O)cc1)NC(=O)C(N)CCCN=C(N)N)C(=O)NC(Cc1ccccc1)C(=O)O. The summed E-state index contributed by atoms with van der Waals surface area (Å²) in [6.07, 6.45) is -0.865. The Morgan fingerprint density at radius 2 is 1.40 bits per heavy atom. The molecule has 0 saturated carbocycles. The maximum absolute atomic E-state index is 13.4. The second-order valence-corrected chi connectivity index (χ2v) is 9.80. The number of aliphatic carboxylic acids is 1. The number of aliphatic hydroxyl groups is 1. The van der Waals surface area contributed by atoms with Gasteiger partial charge in [0.1, 0.15) is 23.9 Å². The van der Waals surface area contributed by atoms with Crippen LogP contribution in [0.25, 0.3) is 0 Å². The summed E-state index contributed by atoms with van der Waals surface area (Å²) < 4.78 is 0. The Balaban J connectivity index is 2.17. The van der Waals surface area contributed by atoms with Crippen molar-refractivity contribution in [2.24, 2.45) is 22.2 Å². The number of hydrogen-bond donors (Lipinski definition) is 9. The number of carbonyl (C=O) groups excluding carboxylic acids is 3. The van der Waals surface area contributed by atoms with Crippen LogP contribution in [0, 0.1) is 0 Å². The van der Waals surface area contributed by atoms with Crippen LogP contribution >= 0.6 is 0 Å². The van der Waals surface area contributed by atoms with Crippen LogP contribution in [0.3, 0.4) is 0 Å². The van der Waals surface area contributed by atoms with Gasteiger partial charge in [-0.3, -0.25) is 19.4 Å². The van der Waals surface area contributed by atoms with Crippen molar-refractivity contribution in [1.29, 1.82) is 0 Å². The average Bonchev–Trinajstić information content (AvgIpc) is 2.94. The first-order valence-electron chi connectivity index (χ1n) is 13.3. The third-order valence-electron chi connectivity index (χ3n) is 6.27. The summed E-state index contributed by atoms with van der Waals surface area (Å²) in [6, 6.07) is 9.46. The van der Waals surface area contributed by atoms with E-state index >= 15 is 0 Å². The second kappa shape index (κ2) is 16.5. The van der Waals surface area contributed by atoms with Gasteiger partial charge in [-0.05, 0) is 43.0 Å². The highest BCUT2D eigenvalue weighted by molar-refractivity contribution is 5.94. The van der Waals surface area contributed by atoms with E-state index in [0.29, 0.717) is 17.5 Å². The first-order chi connectivity index (χ1) is 19.9. The lowest BCUT2D eigenvalue weighted by atomic mass is 10.0. The van der Waals surface area contributed by atoms with Crippen LogP contribution in [0.2, 0.25) is 0 Å². The molecule has 12 N–H and O–H groups in total. The fourth-order valence-corrected chi connectivity index (χ4v) is 3.98. The largest absolute Gasteiger partial charge is 0.508 e. The van der Waals surface area contributed by atoms with Crippen molar-refractivity contribution in [1.82, 2.24) is 16.0 Å². The van der Waals surface area contributed by atoms with Gasteiger partial charge in [0.25, 0.3) is 0 Å². The Morgan fingerprint density at radius 1 is 0.833 bits per heavy atom. The summed E-state index contributed by atoms with van der Waals surface area (Å²) in [7, 11) is 0. The lowest BCUT2D eigenvalue weighted by Crippen LogP contribution is -2.60. The number of phenols is 1. The molecule has 0 saturated heterocycles. The molecule has 0 spiro atoms. The number of nitrogens with two attached hydrogens (primary N) is 3. The molecule has 228 valence electrons. The first-order valence-corrected chi connectivity index (χ1v) is 13.3. The van der Waals surface area contributed by atoms with Gasteiger partial charge in [-0.2, -0.15) is 0 Å². The number of carbonyl (C=O) groups is 4. The number of carboxylic acid groups (broad SMARTS) is 1. The van der Waals surface area contributed by atoms with Gasteiger partial charge in [0.15, 0.2) is 5.96 Å². The molecule has 14 heteroatoms. The number of rotatable bonds is 16. The van der Waals surface area contributed by atoms with Crippen LogP contribution in [0.5, 0.6) is 5.75 Å². The molecule has 42 heavy (non-hydrogen) atoms. The van der Waals surface area contributed by atoms with Gasteiger partial charge in [-0.25, -0.2) is 4.79 Å². The molecule has 0 fully saturated rings. The predicted molar refractivity (Wildman–Crippen MR) is 155 cm³/mol. The number of hydrogen-bond acceptors (Lipinski definition) is 8. The zero-order valence-corrected chi connectivity index (χ0v) is 23.3. The zero-order valence-electron chi connectivity index (χ0n) is 23.3. The number of carboxylic acids is 1. The van der Waals surface area contributed by atoms with Gasteiger partial charge in [0.2, 0.25) is 17.7 Å². The van der Waals surface area contributed by atoms with Crippen molar-refractivity contribution in [3.8, 4) is 5.75 Å². The van der Waals surface area contributed by atoms with E-state index in [1.807, 2.05) is 0 Å². The molecule has 2 aromatic carbocycles. The number of amides is 3. The average molecular weight is 586 g/mol. The van der Waals surface area contributed by atoms with Crippen LogP contribution in [-0.2, 0) is 32.0 Å². The molecule has 5 unspecified atom stereocenters. The second-order valence-electron chi connectivity index (χ2n) is 9.80. The Hall–Kier alpha value is -4.69. The van der Waals surface area contributed by atoms with Crippen molar-refractivity contribution in [3.05, 3.63) is 65.7 Å². The number of nitrogens with zero attached hydrogens (tertiary/aromatic N) is 1. The Kier molecular flexibility index (Phi) is 13.2. The molecular formula is C28H39N7O7. The lowest BCUT2D eigenvalue weighted by Gasteiger charge is -2.26. The Labute approximate surface area is 243 Å². The number of nitrogens with one attached hydrogen (secondary N) is 3. The van der Waals surface area contributed by atoms with Crippen LogP contribution < -0.4 is 33.2 Å². The number of aromatic hydroxyl groups is 1. The molecule has 0 aliphatic heterocycles. The molecule has 0 aliphatic carbocycles. The number of benzene rings is 2. The summed E-state index contributed by atoms with van der Waals surface area (Å²) in [5.41, 5.74) is 17.8. The van der Waals surface area contributed by atoms with E-state index in [1.54, 1.807) is 42.5 Å². The van der Waals surface area contributed by atoms with Crippen molar-refractivity contribution < 1.29 is 34.5 Å². The maximum atomic E-state index is 13.4. The van der Waals surface area contributed by atoms with Crippen molar-refractivity contribution in [2.45, 2.75) is 62.9 Å². The van der Waals surface area contributed by atoms with Gasteiger partial charge < -0.3 is 48.5 Å². The Bertz CT molecular complexity index is 1220. The Morgan fingerprint density at radius 3 is 1.98 bits per heavy atom. The number of aliphatic hydroxyl groups excluding tert-OH is 1. The van der Waals surface area contributed by atoms with E-state index in [2.05, 4.69) is 20.9 Å². The fraction of sp³-hybridized carbons (Fsp3) is 0.393. The topological polar surface area (TPSA) is 255 Å². The quantitative estimate of drug-likeness (QED) is 0.0624. The fourth-order valence-electron chi connectivity index (χ4n) is 3.98. The highest BCUT2D eigenvalue weighted by atomic mass is 16.4. The maximum Gasteiger partial charge on any atom is 0.326 e. The first kappa shape index (κ1) is 33.5. The van der Waals surface area contributed by atoms with Crippen molar-refractivity contribution in [2.75, 3.05) is 6.54 Å². The molecule has 2 aromatic rings. The van der Waals surface area contributed by atoms with Gasteiger partial charge in [0, 0.05) is 19.4 Å². The van der Waals surface area contributed by atoms with E-state index in [1.165, 1.54) is 19.1 Å². The van der Waals surface area contributed by atoms with Crippen LogP contribution in [0.4, 0.5) is 0 Å². The summed E-state index contributed by atoms with van der Waals surface area (Å²) in [6.45, 7) is 1.52. The minimum absolute atomic E-state index is 0.000845. The molecule has 14 nitrogen and oxygen atoms in total. The molecule has 2 rings (SSSR count). The minimum atomic E-state index is -1.54. The smallest absolute Gasteiger partial charge is 0.326 e. The molecule has 0 heterocycles. The standard InChI is InChI=1S/C28H39N7O7/c1-16(36)23(26(40)34-22(27(41)42)15-17-6-3-2-4-7-17)35-25(39)21(14-18-9-11-19(37)12-10-18)33-24(38)20(29)8-5-13-32-28(30)31/h2-4,6-7,9-12,16,20-23,36-37H,5,8,13-15,29H2,1H3,(H,33,38)(H,34,40)(H,35,39)(H,41,42)(H4,30,31,32). The molecule has 0 bridgehead atoms. The van der Waals surface area contributed by atoms with E-state index in [-0.39, 0.29) is 37.5 Å². The summed E-state index contributed by atoms with van der Waals surface area (Å²) in [4.78, 5) is 54.9. The monoisotopic (exact) mass is 585 g/mol. The molecular weight excluding hydrogens is 546 g/mol. The number of guanidine groups is 1. The third-order valence-corrected chi connectivity index (χ3v) is 6.27. The van der Waals surface area contributed by atoms with Gasteiger partial charge >= 0.3 is 5.97 Å². The van der Waals surface area contributed by atoms with E-state index in [4.69, 9.17) is 17.2 Å². The number of aliphatic imine (C=N–C) groups is 1. The van der Waals surface area contributed by atoms with Crippen molar-refractivity contribution >= 4 is 29.7 Å².